The summed E-state index contributed by atoms with van der Waals surface area (Å²) in [6.07, 6.45) is 2.00. The van der Waals surface area contributed by atoms with Crippen LogP contribution in [0.15, 0.2) is 9.98 Å². The van der Waals surface area contributed by atoms with E-state index in [0.29, 0.717) is 24.5 Å². The summed E-state index contributed by atoms with van der Waals surface area (Å²) in [4.78, 5) is 8.26. The number of nitrogens with one attached hydrogen (secondary N) is 2. The number of guanidine groups is 2. The van der Waals surface area contributed by atoms with E-state index >= 15 is 0 Å². The van der Waals surface area contributed by atoms with Gasteiger partial charge < -0.3 is 22.1 Å². The molecule has 0 bridgehead atoms. The van der Waals surface area contributed by atoms with Gasteiger partial charge in [-0.05, 0) is 33.6 Å². The quantitative estimate of drug-likeness (QED) is 0.133. The average molecular weight is 368 g/mol. The molecule has 2 atom stereocenters. The molecule has 0 spiro atoms. The molecule has 0 aliphatic carbocycles. The van der Waals surface area contributed by atoms with Crippen LogP contribution in [0.4, 0.5) is 0 Å². The summed E-state index contributed by atoms with van der Waals surface area (Å²) in [5, 5.41) is 6.22. The third-order valence-corrected chi connectivity index (χ3v) is 2.44. The first-order valence-electron chi connectivity index (χ1n) is 6.23. The average Bonchev–Trinajstić information content (AvgIpc) is 2.23. The molecule has 0 aliphatic rings. The summed E-state index contributed by atoms with van der Waals surface area (Å²) in [7, 11) is 0. The fourth-order valence-corrected chi connectivity index (χ4v) is 1.70. The van der Waals surface area contributed by atoms with E-state index in [1.165, 1.54) is 0 Å². The van der Waals surface area contributed by atoms with Gasteiger partial charge in [-0.3, -0.25) is 4.99 Å². The Morgan fingerprint density at radius 3 is 2.50 bits per heavy atom. The third kappa shape index (κ3) is 10.4. The van der Waals surface area contributed by atoms with Crippen LogP contribution >= 0.6 is 22.6 Å². The number of nitrogens with zero attached hydrogens (tertiary/aromatic N) is 2. The number of rotatable bonds is 7. The van der Waals surface area contributed by atoms with Crippen molar-refractivity contribution in [2.24, 2.45) is 21.5 Å². The summed E-state index contributed by atoms with van der Waals surface area (Å²) >= 11 is 2.21. The van der Waals surface area contributed by atoms with E-state index in [9.17, 15) is 0 Å². The first kappa shape index (κ1) is 17.3. The molecule has 18 heavy (non-hydrogen) atoms. The number of hydrogen-bond acceptors (Lipinski definition) is 2. The number of aliphatic imine (C=N–C) groups is 2. The SMILES string of the molecule is CCN=C(N)NC(C)CCCNC(N)=NC(C)I. The predicted molar refractivity (Wildman–Crippen MR) is 87.1 cm³/mol. The lowest BCUT2D eigenvalue weighted by Gasteiger charge is -2.14. The van der Waals surface area contributed by atoms with Crippen LogP contribution in [0.3, 0.4) is 0 Å². The monoisotopic (exact) mass is 368 g/mol. The lowest BCUT2D eigenvalue weighted by molar-refractivity contribution is 0.568. The highest BCUT2D eigenvalue weighted by atomic mass is 127. The Labute approximate surface area is 123 Å². The standard InChI is InChI=1S/C11H25IN6/c1-4-15-10(13)17-8(2)6-5-7-16-11(14)18-9(3)12/h8-9H,4-7H2,1-3H3,(H3,13,15,17)(H3,14,16,18). The molecule has 6 N–H and O–H groups in total. The highest BCUT2D eigenvalue weighted by Gasteiger charge is 2.02. The smallest absolute Gasteiger partial charge is 0.189 e. The van der Waals surface area contributed by atoms with Crippen LogP contribution in [0.2, 0.25) is 0 Å². The highest BCUT2D eigenvalue weighted by Crippen LogP contribution is 1.98. The molecule has 2 unspecified atom stereocenters. The lowest BCUT2D eigenvalue weighted by Crippen LogP contribution is -2.39. The van der Waals surface area contributed by atoms with Crippen LogP contribution in [0.25, 0.3) is 0 Å². The van der Waals surface area contributed by atoms with Crippen molar-refractivity contribution in [1.82, 2.24) is 10.6 Å². The van der Waals surface area contributed by atoms with Crippen molar-refractivity contribution in [2.75, 3.05) is 13.1 Å². The molecule has 6 nitrogen and oxygen atoms in total. The van der Waals surface area contributed by atoms with E-state index in [1.54, 1.807) is 0 Å². The molecule has 0 saturated carbocycles. The molecule has 0 rings (SSSR count). The maximum atomic E-state index is 5.69. The highest BCUT2D eigenvalue weighted by molar-refractivity contribution is 14.1. The normalized spacial score (nSPS) is 16.2. The topological polar surface area (TPSA) is 101 Å². The maximum absolute atomic E-state index is 5.69. The van der Waals surface area contributed by atoms with Gasteiger partial charge in [0.25, 0.3) is 0 Å². The van der Waals surface area contributed by atoms with Crippen LogP contribution in [0, 0.1) is 0 Å². The molecule has 0 aromatic heterocycles. The molecule has 0 aromatic rings. The second-order valence-corrected chi connectivity index (χ2v) is 5.87. The van der Waals surface area contributed by atoms with Gasteiger partial charge in [-0.25, -0.2) is 4.99 Å². The van der Waals surface area contributed by atoms with Gasteiger partial charge in [0.05, 0.1) is 0 Å². The predicted octanol–water partition coefficient (Wildman–Crippen LogP) is 0.765. The van der Waals surface area contributed by atoms with Crippen LogP contribution < -0.4 is 22.1 Å². The van der Waals surface area contributed by atoms with Crippen molar-refractivity contribution >= 4 is 34.5 Å². The molecule has 0 saturated heterocycles. The van der Waals surface area contributed by atoms with Gasteiger partial charge in [0, 0.05) is 19.1 Å². The zero-order valence-electron chi connectivity index (χ0n) is 11.4. The van der Waals surface area contributed by atoms with Crippen molar-refractivity contribution in [3.05, 3.63) is 0 Å². The van der Waals surface area contributed by atoms with Crippen molar-refractivity contribution < 1.29 is 0 Å². The van der Waals surface area contributed by atoms with Gasteiger partial charge in [0.15, 0.2) is 11.9 Å². The van der Waals surface area contributed by atoms with E-state index in [1.807, 2.05) is 13.8 Å². The van der Waals surface area contributed by atoms with Crippen LogP contribution in [-0.4, -0.2) is 35.1 Å². The Hall–Kier alpha value is -0.730. The molecule has 0 heterocycles. The number of nitrogens with two attached hydrogens (primary N) is 2. The Morgan fingerprint density at radius 1 is 1.28 bits per heavy atom. The zero-order chi connectivity index (χ0) is 14.0. The fraction of sp³-hybridized carbons (Fsp3) is 0.818. The van der Waals surface area contributed by atoms with E-state index in [4.69, 9.17) is 11.5 Å². The van der Waals surface area contributed by atoms with E-state index in [-0.39, 0.29) is 4.05 Å². The fourth-order valence-electron chi connectivity index (χ4n) is 1.40. The second-order valence-electron chi connectivity index (χ2n) is 4.06. The van der Waals surface area contributed by atoms with Crippen molar-refractivity contribution in [3.8, 4) is 0 Å². The van der Waals surface area contributed by atoms with E-state index in [2.05, 4.69) is 50.1 Å². The molecule has 0 amide bonds. The van der Waals surface area contributed by atoms with Gasteiger partial charge in [0.2, 0.25) is 0 Å². The van der Waals surface area contributed by atoms with Crippen molar-refractivity contribution in [1.29, 1.82) is 0 Å². The maximum Gasteiger partial charge on any atom is 0.189 e. The molecule has 106 valence electrons. The molecular weight excluding hydrogens is 343 g/mol. The van der Waals surface area contributed by atoms with Crippen molar-refractivity contribution in [2.45, 2.75) is 43.7 Å². The summed E-state index contributed by atoms with van der Waals surface area (Å²) in [5.41, 5.74) is 11.4. The Bertz CT molecular complexity index is 277. The molecular formula is C11H25IN6. The molecule has 0 radical (unpaired) electrons. The molecule has 0 fully saturated rings. The lowest BCUT2D eigenvalue weighted by atomic mass is 10.2. The van der Waals surface area contributed by atoms with E-state index in [0.717, 1.165) is 19.4 Å². The summed E-state index contributed by atoms with van der Waals surface area (Å²) in [6.45, 7) is 7.54. The second kappa shape index (κ2) is 10.2. The van der Waals surface area contributed by atoms with Crippen molar-refractivity contribution in [3.63, 3.8) is 0 Å². The summed E-state index contributed by atoms with van der Waals surface area (Å²) in [5.74, 6) is 1.02. The Morgan fingerprint density at radius 2 is 1.94 bits per heavy atom. The Kier molecular flexibility index (Phi) is 9.80. The van der Waals surface area contributed by atoms with Crippen LogP contribution in [-0.2, 0) is 0 Å². The van der Waals surface area contributed by atoms with Gasteiger partial charge in [-0.15, -0.1) is 0 Å². The molecule has 7 heteroatoms. The first-order valence-corrected chi connectivity index (χ1v) is 7.48. The van der Waals surface area contributed by atoms with Gasteiger partial charge in [-0.2, -0.15) is 0 Å². The van der Waals surface area contributed by atoms with Gasteiger partial charge in [0.1, 0.15) is 4.05 Å². The third-order valence-electron chi connectivity index (χ3n) is 2.16. The number of halogens is 1. The van der Waals surface area contributed by atoms with Crippen LogP contribution in [0.5, 0.6) is 0 Å². The number of hydrogen-bond donors (Lipinski definition) is 4. The zero-order valence-corrected chi connectivity index (χ0v) is 13.6. The van der Waals surface area contributed by atoms with Gasteiger partial charge >= 0.3 is 0 Å². The largest absolute Gasteiger partial charge is 0.370 e. The summed E-state index contributed by atoms with van der Waals surface area (Å²) < 4.78 is 0.195. The first-order chi connectivity index (χ1) is 8.45. The Balaban J connectivity index is 3.69. The van der Waals surface area contributed by atoms with Crippen LogP contribution in [0.1, 0.15) is 33.6 Å². The van der Waals surface area contributed by atoms with E-state index < -0.39 is 0 Å². The summed E-state index contributed by atoms with van der Waals surface area (Å²) in [6, 6.07) is 0.309. The molecule has 0 aromatic carbocycles. The number of alkyl halides is 1. The molecule has 0 aliphatic heterocycles. The minimum absolute atomic E-state index is 0.195. The van der Waals surface area contributed by atoms with Gasteiger partial charge in [-0.1, -0.05) is 22.6 Å². The minimum Gasteiger partial charge on any atom is -0.370 e. The minimum atomic E-state index is 0.195.